The summed E-state index contributed by atoms with van der Waals surface area (Å²) in [5.41, 5.74) is 0.592. The van der Waals surface area contributed by atoms with Gasteiger partial charge in [-0.15, -0.1) is 0 Å². The number of thioether (sulfide) groups is 1. The molecule has 1 fully saturated rings. The van der Waals surface area contributed by atoms with Crippen LogP contribution in [0.4, 0.5) is 5.69 Å². The number of benzene rings is 1. The molecule has 3 rings (SSSR count). The van der Waals surface area contributed by atoms with Crippen LogP contribution in [-0.2, 0) is 4.79 Å². The van der Waals surface area contributed by atoms with Crippen molar-refractivity contribution in [1.29, 1.82) is 0 Å². The fraction of sp³-hybridized carbons (Fsp3) is 0. The first kappa shape index (κ1) is 16.3. The molecule has 1 aliphatic heterocycles. The number of anilines is 1. The fourth-order valence-corrected chi connectivity index (χ4v) is 3.85. The molecular weight excluding hydrogens is 476 g/mol. The van der Waals surface area contributed by atoms with Crippen LogP contribution in [0.5, 0.6) is 0 Å². The van der Waals surface area contributed by atoms with Gasteiger partial charge in [0.25, 0.3) is 5.91 Å². The minimum Gasteiger partial charge on any atom is -0.451 e. The van der Waals surface area contributed by atoms with Crippen molar-refractivity contribution in [1.82, 2.24) is 0 Å². The summed E-state index contributed by atoms with van der Waals surface area (Å²) in [6.07, 6.45) is 1.68. The Morgan fingerprint density at radius 1 is 1.23 bits per heavy atom. The van der Waals surface area contributed by atoms with E-state index < -0.39 is 0 Å². The molecule has 1 amide bonds. The largest absolute Gasteiger partial charge is 0.451 e. The molecule has 1 aromatic carbocycles. The molecule has 0 N–H and O–H groups in total. The molecule has 8 heteroatoms. The van der Waals surface area contributed by atoms with Crippen molar-refractivity contribution < 1.29 is 9.21 Å². The maximum atomic E-state index is 12.6. The second-order valence-corrected chi connectivity index (χ2v) is 7.81. The molecule has 0 radical (unpaired) electrons. The van der Waals surface area contributed by atoms with E-state index >= 15 is 0 Å². The summed E-state index contributed by atoms with van der Waals surface area (Å²) in [6.45, 7) is 0. The first-order valence-electron chi connectivity index (χ1n) is 5.94. The van der Waals surface area contributed by atoms with Gasteiger partial charge >= 0.3 is 0 Å². The average Bonchev–Trinajstić information content (AvgIpc) is 2.98. The van der Waals surface area contributed by atoms with E-state index in [2.05, 4.69) is 22.6 Å². The lowest BCUT2D eigenvalue weighted by molar-refractivity contribution is -0.113. The van der Waals surface area contributed by atoms with Gasteiger partial charge < -0.3 is 4.42 Å². The molecule has 1 aliphatic rings. The lowest BCUT2D eigenvalue weighted by atomic mass is 10.3. The Morgan fingerprint density at radius 3 is 2.64 bits per heavy atom. The molecule has 0 aliphatic carbocycles. The number of amides is 1. The Morgan fingerprint density at radius 2 is 2.00 bits per heavy atom. The summed E-state index contributed by atoms with van der Waals surface area (Å²) < 4.78 is 6.64. The fourth-order valence-electron chi connectivity index (χ4n) is 1.85. The van der Waals surface area contributed by atoms with Crippen LogP contribution in [0, 0.1) is 3.77 Å². The van der Waals surface area contributed by atoms with Gasteiger partial charge in [0.05, 0.1) is 20.6 Å². The van der Waals surface area contributed by atoms with Gasteiger partial charge in [-0.2, -0.15) is 0 Å². The van der Waals surface area contributed by atoms with Crippen LogP contribution in [0.3, 0.4) is 0 Å². The van der Waals surface area contributed by atoms with E-state index in [9.17, 15) is 4.79 Å². The van der Waals surface area contributed by atoms with Crippen LogP contribution in [0.2, 0.25) is 10.0 Å². The standard InChI is InChI=1S/C14H6Cl2INO2S2/c15-9-3-1-7(5-10(9)16)18-13(19)11(22-14(18)21)6-8-2-4-12(17)20-8/h1-6H/b11-6+. The molecule has 0 saturated carbocycles. The van der Waals surface area contributed by atoms with Crippen molar-refractivity contribution in [3.05, 3.63) is 54.8 Å². The van der Waals surface area contributed by atoms with Crippen LogP contribution in [0.1, 0.15) is 5.76 Å². The highest BCUT2D eigenvalue weighted by Crippen LogP contribution is 2.38. The van der Waals surface area contributed by atoms with Crippen LogP contribution in [-0.4, -0.2) is 10.2 Å². The van der Waals surface area contributed by atoms with Crippen molar-refractivity contribution in [2.45, 2.75) is 0 Å². The number of hydrogen-bond acceptors (Lipinski definition) is 4. The predicted molar refractivity (Wildman–Crippen MR) is 104 cm³/mol. The van der Waals surface area contributed by atoms with Gasteiger partial charge in [-0.05, 0) is 52.9 Å². The maximum Gasteiger partial charge on any atom is 0.270 e. The molecule has 0 unspecified atom stereocenters. The van der Waals surface area contributed by atoms with Crippen molar-refractivity contribution in [2.24, 2.45) is 0 Å². The molecule has 0 spiro atoms. The van der Waals surface area contributed by atoms with Gasteiger partial charge in [-0.1, -0.05) is 47.2 Å². The molecule has 2 heterocycles. The predicted octanol–water partition coefficient (Wildman–Crippen LogP) is 5.60. The van der Waals surface area contributed by atoms with E-state index in [1.165, 1.54) is 16.7 Å². The highest BCUT2D eigenvalue weighted by Gasteiger charge is 2.33. The third-order valence-electron chi connectivity index (χ3n) is 2.82. The van der Waals surface area contributed by atoms with Gasteiger partial charge in [-0.3, -0.25) is 9.69 Å². The Bertz CT molecular complexity index is 819. The van der Waals surface area contributed by atoms with E-state index in [4.69, 9.17) is 39.8 Å². The number of thiocarbonyl (C=S) groups is 1. The number of carbonyl (C=O) groups excluding carboxylic acids is 1. The Hall–Kier alpha value is -0.540. The molecule has 0 atom stereocenters. The number of furan rings is 1. The third kappa shape index (κ3) is 3.21. The van der Waals surface area contributed by atoms with Gasteiger partial charge in [0.1, 0.15) is 5.76 Å². The third-order valence-corrected chi connectivity index (χ3v) is 5.44. The minimum atomic E-state index is -0.209. The zero-order valence-electron chi connectivity index (χ0n) is 10.7. The van der Waals surface area contributed by atoms with E-state index in [-0.39, 0.29) is 5.91 Å². The molecule has 0 bridgehead atoms. The van der Waals surface area contributed by atoms with Crippen molar-refractivity contribution >= 4 is 91.8 Å². The topological polar surface area (TPSA) is 33.5 Å². The van der Waals surface area contributed by atoms with Crippen molar-refractivity contribution in [3.63, 3.8) is 0 Å². The number of nitrogens with zero attached hydrogens (tertiary/aromatic N) is 1. The molecule has 22 heavy (non-hydrogen) atoms. The lowest BCUT2D eigenvalue weighted by Gasteiger charge is -2.15. The average molecular weight is 482 g/mol. The second-order valence-electron chi connectivity index (χ2n) is 4.26. The number of hydrogen-bond donors (Lipinski definition) is 0. The summed E-state index contributed by atoms with van der Waals surface area (Å²) in [7, 11) is 0. The van der Waals surface area contributed by atoms with E-state index in [0.29, 0.717) is 30.7 Å². The quantitative estimate of drug-likeness (QED) is 0.317. The Kier molecular flexibility index (Phi) is 4.84. The smallest absolute Gasteiger partial charge is 0.270 e. The molecule has 2 aromatic rings. The van der Waals surface area contributed by atoms with Crippen LogP contribution < -0.4 is 4.90 Å². The summed E-state index contributed by atoms with van der Waals surface area (Å²) in [5.74, 6) is 0.402. The summed E-state index contributed by atoms with van der Waals surface area (Å²) in [5, 5.41) is 0.800. The maximum absolute atomic E-state index is 12.6. The molecule has 3 nitrogen and oxygen atoms in total. The second kappa shape index (κ2) is 6.52. The highest BCUT2D eigenvalue weighted by atomic mass is 127. The van der Waals surface area contributed by atoms with Gasteiger partial charge in [0.15, 0.2) is 8.09 Å². The van der Waals surface area contributed by atoms with Crippen LogP contribution >= 0.6 is 69.8 Å². The molecule has 1 aromatic heterocycles. The zero-order valence-corrected chi connectivity index (χ0v) is 16.0. The first-order valence-corrected chi connectivity index (χ1v) is 9.00. The van der Waals surface area contributed by atoms with Crippen LogP contribution in [0.25, 0.3) is 6.08 Å². The molecule has 112 valence electrons. The van der Waals surface area contributed by atoms with Gasteiger partial charge in [-0.25, -0.2) is 0 Å². The normalized spacial score (nSPS) is 16.9. The van der Waals surface area contributed by atoms with Crippen molar-refractivity contribution in [3.8, 4) is 0 Å². The van der Waals surface area contributed by atoms with E-state index in [0.717, 1.165) is 3.77 Å². The van der Waals surface area contributed by atoms with E-state index in [1.54, 1.807) is 30.3 Å². The molecule has 1 saturated heterocycles. The number of halogens is 3. The summed E-state index contributed by atoms with van der Waals surface area (Å²) in [6, 6.07) is 8.58. The summed E-state index contributed by atoms with van der Waals surface area (Å²) >= 11 is 20.5. The Labute approximate surface area is 159 Å². The number of rotatable bonds is 2. The van der Waals surface area contributed by atoms with Crippen molar-refractivity contribution in [2.75, 3.05) is 4.90 Å². The van der Waals surface area contributed by atoms with Gasteiger partial charge in [0.2, 0.25) is 0 Å². The minimum absolute atomic E-state index is 0.209. The summed E-state index contributed by atoms with van der Waals surface area (Å²) in [4.78, 5) is 14.5. The zero-order chi connectivity index (χ0) is 15.9. The number of carbonyl (C=O) groups is 1. The highest BCUT2D eigenvalue weighted by molar-refractivity contribution is 14.1. The monoisotopic (exact) mass is 481 g/mol. The Balaban J connectivity index is 1.94. The van der Waals surface area contributed by atoms with Gasteiger partial charge in [0, 0.05) is 6.08 Å². The SMILES string of the molecule is O=C1/C(=C\c2ccc(I)o2)SC(=S)N1c1ccc(Cl)c(Cl)c1. The van der Waals surface area contributed by atoms with E-state index in [1.807, 2.05) is 6.07 Å². The lowest BCUT2D eigenvalue weighted by Crippen LogP contribution is -2.27. The van der Waals surface area contributed by atoms with Crippen LogP contribution in [0.15, 0.2) is 39.7 Å². The first-order chi connectivity index (χ1) is 10.5. The molecular formula is C14H6Cl2INO2S2.